The van der Waals surface area contributed by atoms with Crippen molar-refractivity contribution in [2.45, 2.75) is 32.2 Å². The lowest BCUT2D eigenvalue weighted by atomic mass is 9.86. The van der Waals surface area contributed by atoms with E-state index in [9.17, 15) is 5.26 Å². The molecule has 8 rings (SSSR count). The number of nitrogens with zero attached hydrogens (tertiary/aromatic N) is 3. The summed E-state index contributed by atoms with van der Waals surface area (Å²) in [7, 11) is 0. The van der Waals surface area contributed by atoms with Gasteiger partial charge in [0.2, 0.25) is 0 Å². The van der Waals surface area contributed by atoms with Gasteiger partial charge in [0.1, 0.15) is 0 Å². The summed E-state index contributed by atoms with van der Waals surface area (Å²) < 4.78 is 2.40. The molecule has 5 aromatic carbocycles. The Balaban J connectivity index is 0.00000179. The van der Waals surface area contributed by atoms with Gasteiger partial charge in [0.25, 0.3) is 0 Å². The fourth-order valence-corrected chi connectivity index (χ4v) is 7.18. The van der Waals surface area contributed by atoms with Gasteiger partial charge in [-0.2, -0.15) is 5.26 Å². The molecule has 1 aromatic heterocycles. The summed E-state index contributed by atoms with van der Waals surface area (Å²) in [5.41, 5.74) is 14.4. The molecular formula is C45H37N3. The summed E-state index contributed by atoms with van der Waals surface area (Å²) >= 11 is 0. The maximum absolute atomic E-state index is 9.22. The Morgan fingerprint density at radius 2 is 1.48 bits per heavy atom. The number of nitriles is 1. The van der Waals surface area contributed by atoms with Gasteiger partial charge in [0, 0.05) is 22.4 Å². The van der Waals surface area contributed by atoms with Crippen molar-refractivity contribution in [1.82, 2.24) is 4.57 Å². The van der Waals surface area contributed by atoms with Gasteiger partial charge in [-0.1, -0.05) is 109 Å². The number of aliphatic imine (C=N–C) groups is 1. The van der Waals surface area contributed by atoms with Gasteiger partial charge < -0.3 is 4.57 Å². The summed E-state index contributed by atoms with van der Waals surface area (Å²) in [5, 5.41) is 11.8. The first-order chi connectivity index (χ1) is 23.7. The van der Waals surface area contributed by atoms with Crippen LogP contribution in [0.2, 0.25) is 0 Å². The summed E-state index contributed by atoms with van der Waals surface area (Å²) in [5.74, 6) is 0.294. The molecule has 6 aromatic rings. The number of hydrogen-bond acceptors (Lipinski definition) is 2. The zero-order chi connectivity index (χ0) is 33.0. The lowest BCUT2D eigenvalue weighted by molar-refractivity contribution is 0.795. The molecule has 0 saturated heterocycles. The Labute approximate surface area is 282 Å². The molecular weight excluding hydrogens is 583 g/mol. The van der Waals surface area contributed by atoms with Crippen LogP contribution in [0, 0.1) is 11.3 Å². The Bertz CT molecular complexity index is 2250. The molecule has 2 aliphatic rings. The van der Waals surface area contributed by atoms with Gasteiger partial charge in [-0.3, -0.25) is 4.99 Å². The van der Waals surface area contributed by atoms with E-state index < -0.39 is 0 Å². The quantitative estimate of drug-likeness (QED) is 0.177. The van der Waals surface area contributed by atoms with Gasteiger partial charge >= 0.3 is 0 Å². The van der Waals surface area contributed by atoms with E-state index in [1.54, 1.807) is 0 Å². The SMILES string of the molecule is C/C(=C1/CC2=C(C=CC(c3cccc(-n4c5ccccc5c5ccccc54)c3)C2)C1=NCc1ccc(C#N)cc1)c1ccccc1.C=C. The van der Waals surface area contributed by atoms with Crippen molar-refractivity contribution in [2.24, 2.45) is 4.99 Å². The molecule has 0 spiro atoms. The summed E-state index contributed by atoms with van der Waals surface area (Å²) in [6.07, 6.45) is 6.58. The normalized spacial score (nSPS) is 17.2. The van der Waals surface area contributed by atoms with E-state index in [2.05, 4.69) is 146 Å². The van der Waals surface area contributed by atoms with E-state index in [0.717, 1.165) is 24.1 Å². The molecule has 3 heteroatoms. The summed E-state index contributed by atoms with van der Waals surface area (Å²) in [4.78, 5) is 5.23. The summed E-state index contributed by atoms with van der Waals surface area (Å²) in [6.45, 7) is 8.82. The Hall–Kier alpha value is -5.98. The maximum atomic E-state index is 9.22. The summed E-state index contributed by atoms with van der Waals surface area (Å²) in [6, 6.07) is 47.1. The predicted octanol–water partition coefficient (Wildman–Crippen LogP) is 11.3. The van der Waals surface area contributed by atoms with Crippen molar-refractivity contribution >= 4 is 33.1 Å². The predicted molar refractivity (Wildman–Crippen MR) is 202 cm³/mol. The number of hydrogen-bond donors (Lipinski definition) is 0. The topological polar surface area (TPSA) is 41.1 Å². The third-order valence-electron chi connectivity index (χ3n) is 9.57. The molecule has 3 nitrogen and oxygen atoms in total. The highest BCUT2D eigenvalue weighted by Gasteiger charge is 2.30. The smallest absolute Gasteiger partial charge is 0.0991 e. The first-order valence-electron chi connectivity index (χ1n) is 16.5. The van der Waals surface area contributed by atoms with Crippen molar-refractivity contribution in [3.63, 3.8) is 0 Å². The van der Waals surface area contributed by atoms with E-state index in [1.165, 1.54) is 60.9 Å². The number of rotatable bonds is 5. The van der Waals surface area contributed by atoms with Crippen LogP contribution < -0.4 is 0 Å². The fourth-order valence-electron chi connectivity index (χ4n) is 7.18. The van der Waals surface area contributed by atoms with Crippen molar-refractivity contribution in [2.75, 3.05) is 0 Å². The Morgan fingerprint density at radius 1 is 0.812 bits per heavy atom. The van der Waals surface area contributed by atoms with E-state index in [-0.39, 0.29) is 0 Å². The van der Waals surface area contributed by atoms with Gasteiger partial charge in [-0.25, -0.2) is 0 Å². The van der Waals surface area contributed by atoms with Gasteiger partial charge in [0.15, 0.2) is 0 Å². The van der Waals surface area contributed by atoms with E-state index in [0.29, 0.717) is 18.0 Å². The van der Waals surface area contributed by atoms with Gasteiger partial charge in [-0.05, 0) is 89.6 Å². The lowest BCUT2D eigenvalue weighted by Gasteiger charge is -2.20. The van der Waals surface area contributed by atoms with Gasteiger partial charge in [0.05, 0.1) is 34.9 Å². The minimum absolute atomic E-state index is 0.294. The van der Waals surface area contributed by atoms with Crippen LogP contribution in [0.5, 0.6) is 0 Å². The monoisotopic (exact) mass is 619 g/mol. The van der Waals surface area contributed by atoms with Crippen LogP contribution in [0.1, 0.15) is 47.9 Å². The highest BCUT2D eigenvalue weighted by atomic mass is 15.0. The zero-order valence-electron chi connectivity index (χ0n) is 27.2. The molecule has 0 amide bonds. The van der Waals surface area contributed by atoms with Crippen molar-refractivity contribution in [3.8, 4) is 11.8 Å². The largest absolute Gasteiger partial charge is 0.309 e. The minimum Gasteiger partial charge on any atom is -0.309 e. The molecule has 0 aliphatic heterocycles. The van der Waals surface area contributed by atoms with Crippen molar-refractivity contribution < 1.29 is 0 Å². The third kappa shape index (κ3) is 5.63. The number of allylic oxidation sites excluding steroid dienone is 6. The van der Waals surface area contributed by atoms with Crippen LogP contribution in [0.15, 0.2) is 174 Å². The lowest BCUT2D eigenvalue weighted by Crippen LogP contribution is -2.06. The third-order valence-corrected chi connectivity index (χ3v) is 9.57. The second-order valence-electron chi connectivity index (χ2n) is 12.3. The molecule has 48 heavy (non-hydrogen) atoms. The average Bonchev–Trinajstić information content (AvgIpc) is 3.70. The molecule has 0 bridgehead atoms. The van der Waals surface area contributed by atoms with E-state index in [4.69, 9.17) is 4.99 Å². The molecule has 0 N–H and O–H groups in total. The standard InChI is InChI=1S/C43H33N3.C2H4/c1-29(32-10-3-2-4-11-32)40-26-35-24-34(22-23-37(35)43(40)45-28-31-20-18-30(27-44)19-21-31)33-12-9-13-36(25-33)46-41-16-7-5-14-38(41)39-15-6-8-17-42(39)46;1-2/h2-23,25,34H,24,26,28H2,1H3;1-2H2/b40-29+,45-43?;. The van der Waals surface area contributed by atoms with Crippen LogP contribution >= 0.6 is 0 Å². The molecule has 1 heterocycles. The number of aromatic nitrogens is 1. The van der Waals surface area contributed by atoms with Crippen LogP contribution in [-0.2, 0) is 6.54 Å². The van der Waals surface area contributed by atoms with Crippen LogP contribution in [0.4, 0.5) is 0 Å². The van der Waals surface area contributed by atoms with Crippen LogP contribution in [0.25, 0.3) is 33.1 Å². The first-order valence-corrected chi connectivity index (χ1v) is 16.5. The second-order valence-corrected chi connectivity index (χ2v) is 12.3. The maximum Gasteiger partial charge on any atom is 0.0991 e. The van der Waals surface area contributed by atoms with Crippen molar-refractivity contribution in [1.29, 1.82) is 5.26 Å². The number of benzene rings is 5. The zero-order valence-corrected chi connectivity index (χ0v) is 27.2. The van der Waals surface area contributed by atoms with E-state index in [1.807, 2.05) is 24.3 Å². The van der Waals surface area contributed by atoms with E-state index >= 15 is 0 Å². The minimum atomic E-state index is 0.294. The highest BCUT2D eigenvalue weighted by Crippen LogP contribution is 2.43. The fraction of sp³-hybridized carbons (Fsp3) is 0.111. The second kappa shape index (κ2) is 13.4. The molecule has 0 radical (unpaired) electrons. The average molecular weight is 620 g/mol. The first kappa shape index (κ1) is 30.7. The molecule has 0 fully saturated rings. The molecule has 0 saturated carbocycles. The Kier molecular flexibility index (Phi) is 8.56. The Morgan fingerprint density at radius 3 is 2.17 bits per heavy atom. The molecule has 232 valence electrons. The molecule has 1 unspecified atom stereocenters. The molecule has 1 atom stereocenters. The molecule has 2 aliphatic carbocycles. The van der Waals surface area contributed by atoms with Crippen LogP contribution in [-0.4, -0.2) is 10.3 Å². The van der Waals surface area contributed by atoms with Crippen LogP contribution in [0.3, 0.4) is 0 Å². The highest BCUT2D eigenvalue weighted by molar-refractivity contribution is 6.21. The van der Waals surface area contributed by atoms with Gasteiger partial charge in [-0.15, -0.1) is 13.2 Å². The number of para-hydroxylation sites is 2. The number of fused-ring (bicyclic) bond motifs is 3. The van der Waals surface area contributed by atoms with Crippen molar-refractivity contribution in [3.05, 3.63) is 192 Å².